The maximum Gasteiger partial charge on any atom is 0.255 e. The van der Waals surface area contributed by atoms with Crippen LogP contribution in [0.4, 0.5) is 5.69 Å². The van der Waals surface area contributed by atoms with E-state index in [2.05, 4.69) is 23.5 Å². The molecule has 0 bridgehead atoms. The molecule has 2 aromatic rings. The molecule has 0 atom stereocenters. The summed E-state index contributed by atoms with van der Waals surface area (Å²) in [6, 6.07) is 11.7. The molecule has 0 aliphatic carbocycles. The lowest BCUT2D eigenvalue weighted by atomic mass is 10.1. The Bertz CT molecular complexity index is 871. The minimum Gasteiger partial charge on any atom is -0.493 e. The predicted molar refractivity (Wildman–Crippen MR) is 109 cm³/mol. The van der Waals surface area contributed by atoms with E-state index in [1.807, 2.05) is 0 Å². The molecule has 2 amide bonds. The topological polar surface area (TPSA) is 76.7 Å². The molecule has 0 aliphatic heterocycles. The van der Waals surface area contributed by atoms with Gasteiger partial charge in [-0.15, -0.1) is 6.42 Å². The van der Waals surface area contributed by atoms with Gasteiger partial charge in [0, 0.05) is 5.56 Å². The summed E-state index contributed by atoms with van der Waals surface area (Å²) >= 11 is 0. The van der Waals surface area contributed by atoms with Crippen molar-refractivity contribution in [3.05, 3.63) is 53.6 Å². The van der Waals surface area contributed by atoms with Crippen molar-refractivity contribution in [1.29, 1.82) is 0 Å². The second kappa shape index (κ2) is 10.6. The maximum absolute atomic E-state index is 12.7. The van der Waals surface area contributed by atoms with E-state index in [0.29, 0.717) is 34.9 Å². The lowest BCUT2D eigenvalue weighted by Crippen LogP contribution is -2.25. The van der Waals surface area contributed by atoms with E-state index in [1.54, 1.807) is 42.5 Å². The first-order chi connectivity index (χ1) is 13.6. The number of benzene rings is 2. The van der Waals surface area contributed by atoms with Crippen LogP contribution in [0.1, 0.15) is 40.5 Å². The van der Waals surface area contributed by atoms with Gasteiger partial charge in [-0.2, -0.15) is 0 Å². The zero-order valence-corrected chi connectivity index (χ0v) is 16.1. The summed E-state index contributed by atoms with van der Waals surface area (Å²) in [7, 11) is 1.52. The Kier molecular flexibility index (Phi) is 7.92. The number of hydrogen-bond donors (Lipinski definition) is 2. The van der Waals surface area contributed by atoms with Gasteiger partial charge in [0.1, 0.15) is 0 Å². The first-order valence-electron chi connectivity index (χ1n) is 9.03. The number of ether oxygens (including phenoxy) is 2. The van der Waals surface area contributed by atoms with E-state index in [0.717, 1.165) is 12.8 Å². The van der Waals surface area contributed by atoms with Crippen molar-refractivity contribution < 1.29 is 19.1 Å². The number of terminal acetylenes is 1. The average molecular weight is 380 g/mol. The molecule has 0 saturated heterocycles. The fourth-order valence-corrected chi connectivity index (χ4v) is 2.47. The third-order valence-corrected chi connectivity index (χ3v) is 3.95. The Hall–Kier alpha value is -3.46. The lowest BCUT2D eigenvalue weighted by Gasteiger charge is -2.13. The zero-order valence-electron chi connectivity index (χ0n) is 16.1. The van der Waals surface area contributed by atoms with Gasteiger partial charge in [-0.05, 0) is 36.8 Å². The van der Waals surface area contributed by atoms with Crippen LogP contribution < -0.4 is 20.1 Å². The van der Waals surface area contributed by atoms with E-state index in [-0.39, 0.29) is 18.4 Å². The number of anilines is 1. The average Bonchev–Trinajstić information content (AvgIpc) is 2.72. The van der Waals surface area contributed by atoms with Gasteiger partial charge in [0.25, 0.3) is 11.8 Å². The summed E-state index contributed by atoms with van der Waals surface area (Å²) in [5.74, 6) is 2.69. The Morgan fingerprint density at radius 3 is 2.61 bits per heavy atom. The monoisotopic (exact) mass is 380 g/mol. The molecule has 2 aromatic carbocycles. The molecule has 146 valence electrons. The highest BCUT2D eigenvalue weighted by atomic mass is 16.5. The fraction of sp³-hybridized carbons (Fsp3) is 0.273. The van der Waals surface area contributed by atoms with Gasteiger partial charge < -0.3 is 20.1 Å². The quantitative estimate of drug-likeness (QED) is 0.516. The third-order valence-electron chi connectivity index (χ3n) is 3.95. The van der Waals surface area contributed by atoms with Crippen LogP contribution in [-0.4, -0.2) is 32.1 Å². The first kappa shape index (κ1) is 20.8. The molecule has 0 saturated carbocycles. The van der Waals surface area contributed by atoms with E-state index >= 15 is 0 Å². The summed E-state index contributed by atoms with van der Waals surface area (Å²) in [5, 5.41) is 5.35. The van der Waals surface area contributed by atoms with Crippen LogP contribution in [0.2, 0.25) is 0 Å². The molecule has 0 spiro atoms. The maximum atomic E-state index is 12.7. The van der Waals surface area contributed by atoms with Gasteiger partial charge in [0.2, 0.25) is 0 Å². The number of para-hydroxylation sites is 1. The molecule has 0 aliphatic rings. The normalized spacial score (nSPS) is 9.89. The number of rotatable bonds is 9. The molecule has 0 fully saturated rings. The first-order valence-corrected chi connectivity index (χ1v) is 9.03. The van der Waals surface area contributed by atoms with Crippen LogP contribution in [0.15, 0.2) is 42.5 Å². The van der Waals surface area contributed by atoms with Crippen molar-refractivity contribution in [3.63, 3.8) is 0 Å². The van der Waals surface area contributed by atoms with Gasteiger partial charge in [-0.3, -0.25) is 9.59 Å². The summed E-state index contributed by atoms with van der Waals surface area (Å²) in [6.45, 7) is 2.77. The lowest BCUT2D eigenvalue weighted by molar-refractivity contribution is 0.0959. The number of carbonyl (C=O) groups excluding carboxylic acids is 2. The largest absolute Gasteiger partial charge is 0.493 e. The van der Waals surface area contributed by atoms with Crippen molar-refractivity contribution in [2.45, 2.75) is 19.8 Å². The zero-order chi connectivity index (χ0) is 20.4. The molecule has 2 rings (SSSR count). The second-order valence-electron chi connectivity index (χ2n) is 5.95. The fourth-order valence-electron chi connectivity index (χ4n) is 2.47. The van der Waals surface area contributed by atoms with Crippen LogP contribution in [-0.2, 0) is 0 Å². The molecular weight excluding hydrogens is 356 g/mol. The summed E-state index contributed by atoms with van der Waals surface area (Å²) < 4.78 is 11.0. The number of carbonyl (C=O) groups is 2. The van der Waals surface area contributed by atoms with E-state index in [9.17, 15) is 9.59 Å². The van der Waals surface area contributed by atoms with Gasteiger partial charge in [-0.25, -0.2) is 0 Å². The second-order valence-corrected chi connectivity index (χ2v) is 5.95. The van der Waals surface area contributed by atoms with Gasteiger partial charge in [0.05, 0.1) is 31.5 Å². The Morgan fingerprint density at radius 2 is 1.89 bits per heavy atom. The van der Waals surface area contributed by atoms with Crippen molar-refractivity contribution >= 4 is 17.5 Å². The number of amides is 2. The van der Waals surface area contributed by atoms with Gasteiger partial charge in [0.15, 0.2) is 11.5 Å². The SMILES string of the molecule is C#CCNC(=O)c1ccccc1NC(=O)c1ccc(OCCCC)c(OC)c1. The Labute approximate surface area is 165 Å². The van der Waals surface area contributed by atoms with Crippen molar-refractivity contribution in [2.24, 2.45) is 0 Å². The Balaban J connectivity index is 2.17. The minimum atomic E-state index is -0.365. The highest BCUT2D eigenvalue weighted by molar-refractivity contribution is 6.09. The molecule has 0 aromatic heterocycles. The highest BCUT2D eigenvalue weighted by Gasteiger charge is 2.15. The molecule has 0 unspecified atom stereocenters. The predicted octanol–water partition coefficient (Wildman–Crippen LogP) is 3.49. The molecule has 2 N–H and O–H groups in total. The molecule has 28 heavy (non-hydrogen) atoms. The number of unbranched alkanes of at least 4 members (excludes halogenated alkanes) is 1. The summed E-state index contributed by atoms with van der Waals surface area (Å²) in [4.78, 5) is 24.9. The third kappa shape index (κ3) is 5.52. The van der Waals surface area contributed by atoms with Crippen molar-refractivity contribution in [3.8, 4) is 23.8 Å². The standard InChI is InChI=1S/C22H24N2O4/c1-4-6-14-28-19-12-11-16(15-20(19)27-3)21(25)24-18-10-8-7-9-17(18)22(26)23-13-5-2/h2,7-12,15H,4,6,13-14H2,1,3H3,(H,23,26)(H,24,25). The molecule has 6 nitrogen and oxygen atoms in total. The van der Waals surface area contributed by atoms with Crippen molar-refractivity contribution in [2.75, 3.05) is 25.6 Å². The molecular formula is C22H24N2O4. The van der Waals surface area contributed by atoms with Crippen LogP contribution in [0.3, 0.4) is 0 Å². The van der Waals surface area contributed by atoms with Crippen LogP contribution >= 0.6 is 0 Å². The van der Waals surface area contributed by atoms with Gasteiger partial charge >= 0.3 is 0 Å². The number of nitrogens with one attached hydrogen (secondary N) is 2. The van der Waals surface area contributed by atoms with E-state index < -0.39 is 0 Å². The minimum absolute atomic E-state index is 0.109. The van der Waals surface area contributed by atoms with Crippen molar-refractivity contribution in [1.82, 2.24) is 5.32 Å². The highest BCUT2D eigenvalue weighted by Crippen LogP contribution is 2.29. The smallest absolute Gasteiger partial charge is 0.255 e. The van der Waals surface area contributed by atoms with Gasteiger partial charge in [-0.1, -0.05) is 31.4 Å². The molecule has 6 heteroatoms. The Morgan fingerprint density at radius 1 is 1.11 bits per heavy atom. The van der Waals surface area contributed by atoms with E-state index in [1.165, 1.54) is 7.11 Å². The number of methoxy groups -OCH3 is 1. The van der Waals surface area contributed by atoms with Crippen LogP contribution in [0, 0.1) is 12.3 Å². The number of hydrogen-bond acceptors (Lipinski definition) is 4. The molecule has 0 radical (unpaired) electrons. The van der Waals surface area contributed by atoms with E-state index in [4.69, 9.17) is 15.9 Å². The van der Waals surface area contributed by atoms with Crippen LogP contribution in [0.5, 0.6) is 11.5 Å². The summed E-state index contributed by atoms with van der Waals surface area (Å²) in [5.41, 5.74) is 1.11. The molecule has 0 heterocycles. The van der Waals surface area contributed by atoms with Crippen LogP contribution in [0.25, 0.3) is 0 Å². The summed E-state index contributed by atoms with van der Waals surface area (Å²) in [6.07, 6.45) is 7.13.